The molecule has 2 aliphatic rings. The molecule has 0 fully saturated rings. The van der Waals surface area contributed by atoms with Crippen LogP contribution < -0.4 is 26.1 Å². The SMILES string of the molecule is CO.Nc1ccc(Oc2ccc3c(c2)COB3O)cc1.O=[N+]([O-])c1ccc(Oc2ccc3c(c2)COB3O)cc1. The van der Waals surface area contributed by atoms with Gasteiger partial charge in [-0.2, -0.15) is 0 Å². The lowest BCUT2D eigenvalue weighted by Gasteiger charge is -2.07. The summed E-state index contributed by atoms with van der Waals surface area (Å²) in [7, 11) is -0.691. The smallest absolute Gasteiger partial charge is 0.457 e. The fraction of sp³-hybridized carbons (Fsp3) is 0.111. The van der Waals surface area contributed by atoms with Crippen LogP contribution >= 0.6 is 0 Å². The molecule has 0 spiro atoms. The second-order valence-electron chi connectivity index (χ2n) is 8.57. The van der Waals surface area contributed by atoms with Gasteiger partial charge in [-0.3, -0.25) is 10.1 Å². The molecule has 5 N–H and O–H groups in total. The van der Waals surface area contributed by atoms with Crippen molar-refractivity contribution in [3.8, 4) is 23.0 Å². The lowest BCUT2D eigenvalue weighted by Crippen LogP contribution is -2.27. The molecule has 2 aliphatic heterocycles. The van der Waals surface area contributed by atoms with Gasteiger partial charge in [0.05, 0.1) is 18.1 Å². The van der Waals surface area contributed by atoms with Crippen LogP contribution in [0.1, 0.15) is 11.1 Å². The van der Waals surface area contributed by atoms with Crippen LogP contribution in [0, 0.1) is 10.1 Å². The van der Waals surface area contributed by atoms with Gasteiger partial charge in [-0.25, -0.2) is 0 Å². The number of rotatable bonds is 5. The van der Waals surface area contributed by atoms with Gasteiger partial charge in [-0.05, 0) is 82.7 Å². The van der Waals surface area contributed by atoms with Crippen LogP contribution in [0.25, 0.3) is 0 Å². The number of benzene rings is 4. The fourth-order valence-electron chi connectivity index (χ4n) is 3.98. The topological polar surface area (TPSA) is 167 Å². The number of nitro benzene ring substituents is 1. The molecule has 4 aromatic carbocycles. The Hall–Kier alpha value is -4.39. The molecule has 0 saturated heterocycles. The zero-order chi connectivity index (χ0) is 28.6. The Bertz CT molecular complexity index is 1450. The van der Waals surface area contributed by atoms with E-state index in [1.54, 1.807) is 30.3 Å². The predicted octanol–water partition coefficient (Wildman–Crippen LogP) is 2.49. The minimum absolute atomic E-state index is 0.0165. The minimum atomic E-state index is -0.876. The molecule has 40 heavy (non-hydrogen) atoms. The summed E-state index contributed by atoms with van der Waals surface area (Å²) in [6, 6.07) is 23.8. The van der Waals surface area contributed by atoms with Gasteiger partial charge in [-0.15, -0.1) is 0 Å². The van der Waals surface area contributed by atoms with Gasteiger partial charge >= 0.3 is 14.2 Å². The molecule has 6 rings (SSSR count). The van der Waals surface area contributed by atoms with E-state index in [9.17, 15) is 20.2 Å². The van der Waals surface area contributed by atoms with E-state index in [1.807, 2.05) is 30.3 Å². The number of nitrogens with zero attached hydrogens (tertiary/aromatic N) is 1. The largest absolute Gasteiger partial charge is 0.491 e. The van der Waals surface area contributed by atoms with E-state index in [2.05, 4.69) is 0 Å². The third kappa shape index (κ3) is 6.97. The first kappa shape index (κ1) is 28.6. The average molecular weight is 544 g/mol. The molecule has 0 atom stereocenters. The first-order chi connectivity index (χ1) is 19.4. The van der Waals surface area contributed by atoms with Crippen LogP contribution in [0.5, 0.6) is 23.0 Å². The molecular weight excluding hydrogens is 518 g/mol. The van der Waals surface area contributed by atoms with E-state index in [0.717, 1.165) is 40.7 Å². The number of hydrogen-bond acceptors (Lipinski definition) is 10. The number of nitrogen functional groups attached to an aromatic ring is 1. The average Bonchev–Trinajstić information content (AvgIpc) is 3.53. The quantitative estimate of drug-likeness (QED) is 0.127. The second kappa shape index (κ2) is 13.1. The number of hydrogen-bond donors (Lipinski definition) is 4. The Kier molecular flexibility index (Phi) is 9.38. The first-order valence-corrected chi connectivity index (χ1v) is 12.1. The molecule has 0 saturated carbocycles. The van der Waals surface area contributed by atoms with Gasteiger partial charge in [-0.1, -0.05) is 12.1 Å². The van der Waals surface area contributed by atoms with Gasteiger partial charge in [0, 0.05) is 24.9 Å². The molecule has 4 aromatic rings. The van der Waals surface area contributed by atoms with Crippen molar-refractivity contribution in [2.75, 3.05) is 12.8 Å². The highest BCUT2D eigenvalue weighted by Crippen LogP contribution is 2.26. The zero-order valence-corrected chi connectivity index (χ0v) is 21.5. The number of non-ortho nitro benzene ring substituents is 1. The van der Waals surface area contributed by atoms with E-state index in [1.165, 1.54) is 24.3 Å². The molecule has 2 heterocycles. The highest BCUT2D eigenvalue weighted by Gasteiger charge is 2.28. The summed E-state index contributed by atoms with van der Waals surface area (Å²) in [5.41, 5.74) is 9.70. The van der Waals surface area contributed by atoms with E-state index in [0.29, 0.717) is 30.4 Å². The van der Waals surface area contributed by atoms with Gasteiger partial charge in [0.2, 0.25) is 0 Å². The molecule has 13 heteroatoms. The van der Waals surface area contributed by atoms with Gasteiger partial charge < -0.3 is 39.7 Å². The summed E-state index contributed by atoms with van der Waals surface area (Å²) < 4.78 is 21.5. The van der Waals surface area contributed by atoms with Crippen LogP contribution in [0.2, 0.25) is 0 Å². The van der Waals surface area contributed by atoms with Gasteiger partial charge in [0.15, 0.2) is 0 Å². The highest BCUT2D eigenvalue weighted by atomic mass is 16.6. The minimum Gasteiger partial charge on any atom is -0.457 e. The lowest BCUT2D eigenvalue weighted by atomic mass is 9.80. The standard InChI is InChI=1S/C13H10BNO5.C13H12BNO3.CH4O/c16-14-13-6-5-12(7-9(13)8-19-14)20-11-3-1-10(2-4-11)15(17)18;15-10-1-3-11(4-2-10)18-12-5-6-13-9(7-12)8-17-14(13)16;1-2/h1-7,16H,8H2;1-7,16H,8,15H2;2H,1H3. The van der Waals surface area contributed by atoms with E-state index < -0.39 is 19.2 Å². The van der Waals surface area contributed by atoms with Crippen molar-refractivity contribution in [3.63, 3.8) is 0 Å². The van der Waals surface area contributed by atoms with Crippen molar-refractivity contribution in [2.24, 2.45) is 0 Å². The number of aliphatic hydroxyl groups is 1. The molecule has 0 bridgehead atoms. The molecule has 0 aliphatic carbocycles. The van der Waals surface area contributed by atoms with Crippen molar-refractivity contribution < 1.29 is 38.9 Å². The maximum Gasteiger partial charge on any atom is 0.491 e. The third-order valence-electron chi connectivity index (χ3n) is 5.95. The highest BCUT2D eigenvalue weighted by molar-refractivity contribution is 6.62. The Morgan fingerprint density at radius 3 is 1.55 bits per heavy atom. The summed E-state index contributed by atoms with van der Waals surface area (Å²) in [5, 5.41) is 36.6. The number of nitro groups is 1. The Morgan fingerprint density at radius 1 is 0.725 bits per heavy atom. The maximum absolute atomic E-state index is 10.6. The van der Waals surface area contributed by atoms with Crippen LogP contribution in [0.3, 0.4) is 0 Å². The summed E-state index contributed by atoms with van der Waals surface area (Å²) in [6.07, 6.45) is 0. The maximum atomic E-state index is 10.6. The summed E-state index contributed by atoms with van der Waals surface area (Å²) in [4.78, 5) is 10.1. The van der Waals surface area contributed by atoms with E-state index in [-0.39, 0.29) is 5.69 Å². The molecule has 0 aromatic heterocycles. The normalized spacial score (nSPS) is 12.8. The Morgan fingerprint density at radius 2 is 1.12 bits per heavy atom. The molecule has 204 valence electrons. The number of anilines is 1. The molecular formula is C27H26B2N2O9. The number of nitrogens with two attached hydrogens (primary N) is 1. The predicted molar refractivity (Wildman–Crippen MR) is 150 cm³/mol. The number of aliphatic hydroxyl groups excluding tert-OH is 1. The first-order valence-electron chi connectivity index (χ1n) is 12.1. The van der Waals surface area contributed by atoms with Gasteiger partial charge in [0.25, 0.3) is 5.69 Å². The van der Waals surface area contributed by atoms with Crippen molar-refractivity contribution in [1.29, 1.82) is 0 Å². The summed E-state index contributed by atoms with van der Waals surface area (Å²) in [6.45, 7) is 0.753. The number of ether oxygens (including phenoxy) is 2. The van der Waals surface area contributed by atoms with Crippen LogP contribution in [0.15, 0.2) is 84.9 Å². The van der Waals surface area contributed by atoms with Crippen molar-refractivity contribution in [3.05, 3.63) is 106 Å². The molecule has 11 nitrogen and oxygen atoms in total. The van der Waals surface area contributed by atoms with Crippen LogP contribution in [-0.4, -0.2) is 41.4 Å². The zero-order valence-electron chi connectivity index (χ0n) is 21.5. The van der Waals surface area contributed by atoms with Crippen molar-refractivity contribution in [1.82, 2.24) is 0 Å². The summed E-state index contributed by atoms with van der Waals surface area (Å²) >= 11 is 0. The lowest BCUT2D eigenvalue weighted by molar-refractivity contribution is -0.384. The monoisotopic (exact) mass is 544 g/mol. The van der Waals surface area contributed by atoms with Crippen molar-refractivity contribution >= 4 is 36.5 Å². The number of fused-ring (bicyclic) bond motifs is 2. The van der Waals surface area contributed by atoms with Crippen LogP contribution in [-0.2, 0) is 22.5 Å². The van der Waals surface area contributed by atoms with E-state index >= 15 is 0 Å². The van der Waals surface area contributed by atoms with Crippen molar-refractivity contribution in [2.45, 2.75) is 13.2 Å². The van der Waals surface area contributed by atoms with Gasteiger partial charge in [0.1, 0.15) is 23.0 Å². The Labute approximate surface area is 230 Å². The molecule has 0 unspecified atom stereocenters. The van der Waals surface area contributed by atoms with Crippen LogP contribution in [0.4, 0.5) is 11.4 Å². The molecule has 0 radical (unpaired) electrons. The Balaban J connectivity index is 0.000000175. The fourth-order valence-corrected chi connectivity index (χ4v) is 3.98. The summed E-state index contributed by atoms with van der Waals surface area (Å²) in [5.74, 6) is 2.55. The third-order valence-corrected chi connectivity index (χ3v) is 5.95. The second-order valence-corrected chi connectivity index (χ2v) is 8.57. The van der Waals surface area contributed by atoms with E-state index in [4.69, 9.17) is 29.6 Å². The molecule has 0 amide bonds.